The highest BCUT2D eigenvalue weighted by molar-refractivity contribution is 7.99. The number of nitro groups is 1. The maximum atomic E-state index is 12.7. The molecule has 88 valence electrons. The fraction of sp³-hybridized carbons (Fsp3) is 0.100. The molecule has 0 spiro atoms. The van der Waals surface area contributed by atoms with E-state index in [1.165, 1.54) is 30.2 Å². The molecule has 0 N–H and O–H groups in total. The van der Waals surface area contributed by atoms with E-state index in [4.69, 9.17) is 0 Å². The molecule has 0 atom stereocenters. The Morgan fingerprint density at radius 1 is 1.41 bits per heavy atom. The Hall–Kier alpha value is -1.89. The first-order chi connectivity index (χ1) is 8.08. The first kappa shape index (κ1) is 11.6. The van der Waals surface area contributed by atoms with Gasteiger partial charge >= 0.3 is 5.82 Å². The van der Waals surface area contributed by atoms with E-state index in [1.807, 2.05) is 0 Å². The van der Waals surface area contributed by atoms with E-state index in [0.717, 1.165) is 4.90 Å². The molecule has 5 nitrogen and oxygen atoms in total. The molecule has 2 rings (SSSR count). The zero-order valence-corrected chi connectivity index (χ0v) is 9.65. The second kappa shape index (κ2) is 4.54. The van der Waals surface area contributed by atoms with Crippen molar-refractivity contribution in [3.8, 4) is 0 Å². The van der Waals surface area contributed by atoms with E-state index in [0.29, 0.717) is 5.03 Å². The average molecular weight is 253 g/mol. The van der Waals surface area contributed by atoms with E-state index in [1.54, 1.807) is 23.7 Å². The van der Waals surface area contributed by atoms with Gasteiger partial charge in [0, 0.05) is 11.9 Å². The molecule has 17 heavy (non-hydrogen) atoms. The van der Waals surface area contributed by atoms with Crippen LogP contribution in [0.4, 0.5) is 10.2 Å². The molecule has 0 fully saturated rings. The summed E-state index contributed by atoms with van der Waals surface area (Å²) in [6.45, 7) is 0. The van der Waals surface area contributed by atoms with Crippen molar-refractivity contribution in [3.63, 3.8) is 0 Å². The van der Waals surface area contributed by atoms with E-state index in [-0.39, 0.29) is 11.6 Å². The minimum atomic E-state index is -0.536. The zero-order chi connectivity index (χ0) is 12.4. The van der Waals surface area contributed by atoms with E-state index in [2.05, 4.69) is 4.98 Å². The van der Waals surface area contributed by atoms with Crippen LogP contribution in [-0.2, 0) is 7.05 Å². The number of nitrogens with zero attached hydrogens (tertiary/aromatic N) is 3. The van der Waals surface area contributed by atoms with Crippen molar-refractivity contribution in [1.29, 1.82) is 0 Å². The van der Waals surface area contributed by atoms with Crippen LogP contribution in [0.3, 0.4) is 0 Å². The molecule has 0 aliphatic carbocycles. The normalized spacial score (nSPS) is 10.5. The summed E-state index contributed by atoms with van der Waals surface area (Å²) in [5.41, 5.74) is 0. The third-order valence-electron chi connectivity index (χ3n) is 2.07. The van der Waals surface area contributed by atoms with Crippen LogP contribution < -0.4 is 0 Å². The van der Waals surface area contributed by atoms with Gasteiger partial charge in [-0.3, -0.25) is 0 Å². The quantitative estimate of drug-likeness (QED) is 0.623. The Labute approximate surface area is 100 Å². The molecule has 0 aliphatic rings. The number of hydrogen-bond donors (Lipinski definition) is 0. The molecule has 0 unspecified atom stereocenters. The smallest absolute Gasteiger partial charge is 0.358 e. The Balaban J connectivity index is 2.32. The van der Waals surface area contributed by atoms with Gasteiger partial charge < -0.3 is 14.7 Å². The summed E-state index contributed by atoms with van der Waals surface area (Å²) < 4.78 is 14.3. The van der Waals surface area contributed by atoms with Gasteiger partial charge in [0.1, 0.15) is 5.82 Å². The van der Waals surface area contributed by atoms with Crippen molar-refractivity contribution < 1.29 is 9.31 Å². The zero-order valence-electron chi connectivity index (χ0n) is 8.83. The molecule has 0 aliphatic heterocycles. The number of rotatable bonds is 3. The van der Waals surface area contributed by atoms with Gasteiger partial charge in [-0.2, -0.15) is 0 Å². The van der Waals surface area contributed by atoms with Crippen molar-refractivity contribution >= 4 is 17.6 Å². The third kappa shape index (κ3) is 2.44. The number of benzene rings is 1. The second-order valence-electron chi connectivity index (χ2n) is 3.30. The minimum Gasteiger partial charge on any atom is -0.358 e. The lowest BCUT2D eigenvalue weighted by atomic mass is 10.4. The maximum absolute atomic E-state index is 12.7. The topological polar surface area (TPSA) is 61.0 Å². The lowest BCUT2D eigenvalue weighted by Gasteiger charge is -2.01. The summed E-state index contributed by atoms with van der Waals surface area (Å²) >= 11 is 1.18. The fourth-order valence-electron chi connectivity index (χ4n) is 1.26. The van der Waals surface area contributed by atoms with Gasteiger partial charge in [0.2, 0.25) is 6.33 Å². The molecular weight excluding hydrogens is 245 g/mol. The highest BCUT2D eigenvalue weighted by Gasteiger charge is 2.20. The molecule has 0 saturated heterocycles. The van der Waals surface area contributed by atoms with Crippen LogP contribution >= 0.6 is 11.8 Å². The minimum absolute atomic E-state index is 0.193. The fourth-order valence-corrected chi connectivity index (χ4v) is 2.17. The summed E-state index contributed by atoms with van der Waals surface area (Å²) in [4.78, 5) is 14.6. The highest BCUT2D eigenvalue weighted by atomic mass is 32.2. The molecule has 0 amide bonds. The van der Waals surface area contributed by atoms with Crippen LogP contribution in [-0.4, -0.2) is 14.5 Å². The molecule has 7 heteroatoms. The first-order valence-corrected chi connectivity index (χ1v) is 5.48. The van der Waals surface area contributed by atoms with Crippen molar-refractivity contribution in [2.45, 2.75) is 9.92 Å². The predicted molar refractivity (Wildman–Crippen MR) is 60.4 cm³/mol. The molecule has 0 saturated carbocycles. The summed E-state index contributed by atoms with van der Waals surface area (Å²) in [5, 5.41) is 11.2. The van der Waals surface area contributed by atoms with Crippen LogP contribution in [0.5, 0.6) is 0 Å². The van der Waals surface area contributed by atoms with Crippen LogP contribution in [0.1, 0.15) is 0 Å². The molecule has 1 heterocycles. The Bertz CT molecular complexity index is 553. The summed E-state index contributed by atoms with van der Waals surface area (Å²) in [7, 11) is 1.67. The van der Waals surface area contributed by atoms with E-state index < -0.39 is 4.92 Å². The standard InChI is InChI=1S/C10H8FN3O2S/c1-13-6-12-9(14(15)16)10(13)17-8-4-2-7(11)3-5-8/h2-6H,1H3. The van der Waals surface area contributed by atoms with Crippen molar-refractivity contribution in [1.82, 2.24) is 9.55 Å². The van der Waals surface area contributed by atoms with Crippen LogP contribution in [0.15, 0.2) is 40.5 Å². The van der Waals surface area contributed by atoms with Crippen LogP contribution in [0, 0.1) is 15.9 Å². The molecule has 1 aromatic carbocycles. The Kier molecular flexibility index (Phi) is 3.10. The Morgan fingerprint density at radius 2 is 2.06 bits per heavy atom. The van der Waals surface area contributed by atoms with Gasteiger partial charge in [0.25, 0.3) is 0 Å². The maximum Gasteiger partial charge on any atom is 0.396 e. The number of aryl methyl sites for hydroxylation is 1. The lowest BCUT2D eigenvalue weighted by molar-refractivity contribution is -0.392. The molecule has 0 radical (unpaired) electrons. The molecule has 2 aromatic rings. The SMILES string of the molecule is Cn1cnc([N+](=O)[O-])c1Sc1ccc(F)cc1. The van der Waals surface area contributed by atoms with Crippen molar-refractivity contribution in [2.75, 3.05) is 0 Å². The van der Waals surface area contributed by atoms with Crippen LogP contribution in [0.2, 0.25) is 0 Å². The molecular formula is C10H8FN3O2S. The van der Waals surface area contributed by atoms with Crippen molar-refractivity contribution in [2.24, 2.45) is 7.05 Å². The number of halogens is 1. The van der Waals surface area contributed by atoms with Gasteiger partial charge in [0.15, 0.2) is 5.03 Å². The first-order valence-electron chi connectivity index (χ1n) is 4.67. The van der Waals surface area contributed by atoms with Crippen LogP contribution in [0.25, 0.3) is 0 Å². The molecule has 1 aromatic heterocycles. The van der Waals surface area contributed by atoms with Gasteiger partial charge in [-0.1, -0.05) is 11.8 Å². The summed E-state index contributed by atoms with van der Waals surface area (Å²) in [6, 6.07) is 5.75. The van der Waals surface area contributed by atoms with Gasteiger partial charge in [-0.25, -0.2) is 4.39 Å². The average Bonchev–Trinajstić information content (AvgIpc) is 2.64. The van der Waals surface area contributed by atoms with Gasteiger partial charge in [-0.05, 0) is 34.2 Å². The molecule has 0 bridgehead atoms. The number of hydrogen-bond acceptors (Lipinski definition) is 4. The third-order valence-corrected chi connectivity index (χ3v) is 3.24. The number of aromatic nitrogens is 2. The predicted octanol–water partition coefficient (Wildman–Crippen LogP) is 2.62. The lowest BCUT2D eigenvalue weighted by Crippen LogP contribution is -1.93. The van der Waals surface area contributed by atoms with E-state index >= 15 is 0 Å². The summed E-state index contributed by atoms with van der Waals surface area (Å²) in [6.07, 6.45) is 1.38. The Morgan fingerprint density at radius 3 is 2.65 bits per heavy atom. The number of imidazole rings is 1. The highest BCUT2D eigenvalue weighted by Crippen LogP contribution is 2.33. The summed E-state index contributed by atoms with van der Waals surface area (Å²) in [5.74, 6) is -0.532. The van der Waals surface area contributed by atoms with E-state index in [9.17, 15) is 14.5 Å². The van der Waals surface area contributed by atoms with Gasteiger partial charge in [-0.15, -0.1) is 0 Å². The van der Waals surface area contributed by atoms with Crippen molar-refractivity contribution in [3.05, 3.63) is 46.5 Å². The second-order valence-corrected chi connectivity index (χ2v) is 4.36. The monoisotopic (exact) mass is 253 g/mol. The van der Waals surface area contributed by atoms with Gasteiger partial charge in [0.05, 0.1) is 0 Å². The largest absolute Gasteiger partial charge is 0.396 e.